The van der Waals surface area contributed by atoms with Gasteiger partial charge in [-0.15, -0.1) is 125 Å². The maximum atomic E-state index is 16.1. The zero-order valence-corrected chi connectivity index (χ0v) is 86.2. The quantitative estimate of drug-likeness (QED) is 0.0216. The molecule has 122 heavy (non-hydrogen) atoms. The van der Waals surface area contributed by atoms with Gasteiger partial charge in [-0.1, -0.05) is 231 Å². The summed E-state index contributed by atoms with van der Waals surface area (Å²) in [7, 11) is 0. The Hall–Kier alpha value is -4.63. The molecule has 0 radical (unpaired) electrons. The van der Waals surface area contributed by atoms with Crippen LogP contribution in [0.4, 0.5) is 4.39 Å². The van der Waals surface area contributed by atoms with Gasteiger partial charge in [-0.25, -0.2) is 9.18 Å². The normalized spacial score (nSPS) is 13.4. The minimum atomic E-state index is -0.551. The highest BCUT2D eigenvalue weighted by Crippen LogP contribution is 2.58. The number of rotatable bonds is 48. The highest BCUT2D eigenvalue weighted by molar-refractivity contribution is 7.33. The molecule has 2 aromatic carbocycles. The highest BCUT2D eigenvalue weighted by atomic mass is 32.1. The number of benzene rings is 2. The summed E-state index contributed by atoms with van der Waals surface area (Å²) in [6.45, 7) is 44.1. The molecule has 11 aromatic heterocycles. The first kappa shape index (κ1) is 98.0. The van der Waals surface area contributed by atoms with Crippen molar-refractivity contribution in [3.05, 3.63) is 121 Å². The molecule has 6 unspecified atom stereocenters. The second kappa shape index (κ2) is 48.1. The highest BCUT2D eigenvalue weighted by Gasteiger charge is 2.32. The van der Waals surface area contributed by atoms with Crippen LogP contribution in [0.15, 0.2) is 60.7 Å². The number of ether oxygens (including phenoxy) is 3. The van der Waals surface area contributed by atoms with Crippen LogP contribution in [0.25, 0.3) is 101 Å². The molecule has 0 aliphatic carbocycles. The molecule has 11 heterocycles. The molecule has 0 bridgehead atoms. The number of hydrogen-bond donors (Lipinski definition) is 0. The van der Waals surface area contributed by atoms with E-state index in [9.17, 15) is 9.59 Å². The SMILES string of the molecule is CCCCC(CC)COC(=O)c1sc2c(-c3cc4c(OCC(CC)CCCC)c5sc(C)cc5c(OCC(CC)CCCC)c4s3)sc(C)c2c1F.CCCCC(CC)Cc1ccc(-c2c3cc(-c4sc(C)c5cc(C(=O)C(CC)CCCC)sc45)sc3c(-c3ccc(CC(CC)CCCC)s3)c3cc(C)sc23)s1.CCCCCCc1cc(C)sc1C. The molecule has 0 saturated heterocycles. The van der Waals surface area contributed by atoms with Crippen LogP contribution in [-0.4, -0.2) is 31.6 Å². The van der Waals surface area contributed by atoms with Crippen LogP contribution in [-0.2, 0) is 24.0 Å². The molecule has 13 rings (SSSR count). The number of ketones is 1. The zero-order valence-electron chi connectivity index (χ0n) is 77.2. The molecule has 6 atom stereocenters. The van der Waals surface area contributed by atoms with Gasteiger partial charge in [-0.3, -0.25) is 4.79 Å². The van der Waals surface area contributed by atoms with Gasteiger partial charge in [-0.2, -0.15) is 0 Å². The molecule has 0 saturated carbocycles. The molecule has 0 amide bonds. The molecular formula is C105H141FO5S11. The first-order valence-corrected chi connectivity index (χ1v) is 56.1. The van der Waals surface area contributed by atoms with Crippen LogP contribution in [0, 0.1) is 82.9 Å². The van der Waals surface area contributed by atoms with Gasteiger partial charge in [0, 0.05) is 117 Å². The van der Waals surface area contributed by atoms with Crippen molar-refractivity contribution < 1.29 is 28.2 Å². The Kier molecular flexibility index (Phi) is 38.7. The van der Waals surface area contributed by atoms with Crippen LogP contribution in [0.5, 0.6) is 11.5 Å². The van der Waals surface area contributed by atoms with Crippen molar-refractivity contribution in [3.63, 3.8) is 0 Å². The third-order valence-corrected chi connectivity index (χ3v) is 38.1. The van der Waals surface area contributed by atoms with Gasteiger partial charge in [0.1, 0.15) is 16.4 Å². The van der Waals surface area contributed by atoms with Crippen molar-refractivity contribution in [2.45, 2.75) is 331 Å². The summed E-state index contributed by atoms with van der Waals surface area (Å²) in [6, 6.07) is 23.8. The lowest BCUT2D eigenvalue weighted by atomic mass is 9.94. The van der Waals surface area contributed by atoms with Crippen molar-refractivity contribution in [2.24, 2.45) is 35.5 Å². The first-order chi connectivity index (χ1) is 59.1. The van der Waals surface area contributed by atoms with E-state index in [-0.39, 0.29) is 10.8 Å². The number of fused-ring (bicyclic) bond motifs is 6. The van der Waals surface area contributed by atoms with E-state index in [1.54, 1.807) is 50.9 Å². The number of esters is 1. The predicted octanol–water partition coefficient (Wildman–Crippen LogP) is 38.9. The molecule has 13 aromatic rings. The van der Waals surface area contributed by atoms with E-state index in [0.717, 1.165) is 145 Å². The minimum Gasteiger partial charge on any atom is -0.491 e. The second-order valence-electron chi connectivity index (χ2n) is 34.7. The number of Topliss-reactive ketones (excluding diaryl/α,β-unsaturated/α-hetero) is 1. The fourth-order valence-corrected chi connectivity index (χ4v) is 30.7. The van der Waals surface area contributed by atoms with E-state index >= 15 is 4.39 Å². The molecule has 0 fully saturated rings. The summed E-state index contributed by atoms with van der Waals surface area (Å²) >= 11 is 19.9. The number of unbranched alkanes of at least 4 members (excludes halogenated alkanes) is 9. The Labute approximate surface area is 776 Å². The zero-order chi connectivity index (χ0) is 87.3. The van der Waals surface area contributed by atoms with Crippen LogP contribution in [0.2, 0.25) is 0 Å². The van der Waals surface area contributed by atoms with E-state index < -0.39 is 11.8 Å². The van der Waals surface area contributed by atoms with Gasteiger partial charge in [-0.05, 0) is 195 Å². The number of carbonyl (C=O) groups is 2. The maximum absolute atomic E-state index is 16.1. The third kappa shape index (κ3) is 24.1. The van der Waals surface area contributed by atoms with Crippen LogP contribution in [0.3, 0.4) is 0 Å². The molecule has 17 heteroatoms. The van der Waals surface area contributed by atoms with Crippen LogP contribution < -0.4 is 9.47 Å². The summed E-state index contributed by atoms with van der Waals surface area (Å²) in [6.07, 6.45) is 37.0. The topological polar surface area (TPSA) is 61.8 Å². The number of carbonyl (C=O) groups excluding carboxylic acids is 2. The first-order valence-electron chi connectivity index (χ1n) is 47.1. The number of hydrogen-bond acceptors (Lipinski definition) is 16. The van der Waals surface area contributed by atoms with Crippen molar-refractivity contribution in [2.75, 3.05) is 19.8 Å². The van der Waals surface area contributed by atoms with Gasteiger partial charge in [0.2, 0.25) is 0 Å². The molecule has 0 aliphatic rings. The van der Waals surface area contributed by atoms with Gasteiger partial charge >= 0.3 is 5.97 Å². The molecule has 0 N–H and O–H groups in total. The predicted molar refractivity (Wildman–Crippen MR) is 552 cm³/mol. The lowest BCUT2D eigenvalue weighted by Crippen LogP contribution is -2.14. The lowest BCUT2D eigenvalue weighted by Gasteiger charge is -2.19. The number of halogens is 1. The average molecular weight is 1860 g/mol. The Morgan fingerprint density at radius 2 is 0.811 bits per heavy atom. The average Bonchev–Trinajstić information content (AvgIpc) is 1.56. The summed E-state index contributed by atoms with van der Waals surface area (Å²) in [5, 5.41) is 6.81. The minimum absolute atomic E-state index is 0.0769. The van der Waals surface area contributed by atoms with Gasteiger partial charge < -0.3 is 14.2 Å². The molecule has 664 valence electrons. The Morgan fingerprint density at radius 3 is 1.34 bits per heavy atom. The van der Waals surface area contributed by atoms with E-state index in [4.69, 9.17) is 14.2 Å². The summed E-state index contributed by atoms with van der Waals surface area (Å²) in [5.74, 6) is 4.14. The van der Waals surface area contributed by atoms with E-state index in [0.29, 0.717) is 48.7 Å². The van der Waals surface area contributed by atoms with Gasteiger partial charge in [0.25, 0.3) is 0 Å². The number of aryl methyl sites for hydroxylation is 7. The van der Waals surface area contributed by atoms with Crippen molar-refractivity contribution >= 4 is 197 Å². The summed E-state index contributed by atoms with van der Waals surface area (Å²) < 4.78 is 42.7. The second-order valence-corrected chi connectivity index (χ2v) is 47.6. The fraction of sp³-hybridized carbons (Fsp3) is 0.562. The standard InChI is InChI=1S/C50H62OS6.C43H59FO4S4.C12H20S/c1-9-15-18-32(12-4)26-35-21-23-40(54-35)44-38-25-30(7)52-47(38)45(41-24-22-36(55-41)27-33(13-5)19-16-10-2)39-29-43(57-48(39)44)50-49-37(31(8)53-50)28-42(56-49)46(51)34(14-6)20-17-11-3;1-9-15-18-28(12-4)23-46-36-31-21-26(7)49-38(31)37(47-24-29(13-5)19-16-10-2)32-22-33(51-39(32)36)40-41-34(27(8)50-40)35(44)42(52-41)43(45)48-25-30(14-6)20-17-11-3;1-4-5-6-7-8-12-9-10(2)13-11(12)3/h21-25,28-29,32-34H,9-20,26-27H2,1-8H3;21-22,28-30H,9-20,23-25H2,1-8H3;9H,4-8H2,1-3H3. The van der Waals surface area contributed by atoms with E-state index in [1.807, 2.05) is 74.9 Å². The number of thiophene rings is 11. The van der Waals surface area contributed by atoms with Crippen molar-refractivity contribution in [1.82, 2.24) is 0 Å². The summed E-state index contributed by atoms with van der Waals surface area (Å²) in [5.41, 5.74) is 4.44. The fourth-order valence-electron chi connectivity index (χ4n) is 17.4. The molecule has 5 nitrogen and oxygen atoms in total. The van der Waals surface area contributed by atoms with Crippen molar-refractivity contribution in [1.29, 1.82) is 0 Å². The smallest absolute Gasteiger partial charge is 0.351 e. The monoisotopic (exact) mass is 1850 g/mol. The molecule has 0 aliphatic heterocycles. The third-order valence-electron chi connectivity index (χ3n) is 25.3. The Morgan fingerprint density at radius 1 is 0.361 bits per heavy atom. The molecular weight excluding hydrogens is 1710 g/mol. The maximum Gasteiger partial charge on any atom is 0.351 e. The summed E-state index contributed by atoms with van der Waals surface area (Å²) in [4.78, 5) is 46.6. The van der Waals surface area contributed by atoms with Gasteiger partial charge in [0.05, 0.1) is 53.3 Å². The largest absolute Gasteiger partial charge is 0.491 e. The van der Waals surface area contributed by atoms with Crippen molar-refractivity contribution in [3.8, 4) is 51.9 Å². The Balaban J connectivity index is 0.000000208. The van der Waals surface area contributed by atoms with Gasteiger partial charge in [0.15, 0.2) is 11.6 Å². The van der Waals surface area contributed by atoms with Crippen LogP contribution >= 0.6 is 125 Å². The lowest BCUT2D eigenvalue weighted by molar-refractivity contribution is 0.0429. The Bertz CT molecular complexity index is 5280. The van der Waals surface area contributed by atoms with E-state index in [1.165, 1.54) is 228 Å². The molecule has 0 spiro atoms. The van der Waals surface area contributed by atoms with Crippen LogP contribution in [0.1, 0.15) is 334 Å². The van der Waals surface area contributed by atoms with E-state index in [2.05, 4.69) is 185 Å².